The first-order chi connectivity index (χ1) is 9.08. The Morgan fingerprint density at radius 3 is 2.42 bits per heavy atom. The highest BCUT2D eigenvalue weighted by Crippen LogP contribution is 2.26. The third-order valence-corrected chi connectivity index (χ3v) is 3.25. The van der Waals surface area contributed by atoms with Crippen LogP contribution in [-0.2, 0) is 0 Å². The first kappa shape index (κ1) is 13.6. The molecule has 0 aliphatic rings. The molecule has 0 radical (unpaired) electrons. The van der Waals surface area contributed by atoms with Crippen molar-refractivity contribution in [2.75, 3.05) is 0 Å². The summed E-state index contributed by atoms with van der Waals surface area (Å²) in [7, 11) is 0. The van der Waals surface area contributed by atoms with Crippen molar-refractivity contribution in [2.45, 2.75) is 25.9 Å². The number of nitrogens with one attached hydrogen (secondary N) is 1. The number of hydrogen-bond acceptors (Lipinski definition) is 2. The second kappa shape index (κ2) is 5.85. The molecule has 0 spiro atoms. The van der Waals surface area contributed by atoms with Gasteiger partial charge in [-0.25, -0.2) is 4.39 Å². The molecule has 3 heteroatoms. The van der Waals surface area contributed by atoms with E-state index in [2.05, 4.69) is 5.32 Å². The average Bonchev–Trinajstić information content (AvgIpc) is 2.39. The minimum Gasteiger partial charge on any atom is -0.508 e. The second-order valence-electron chi connectivity index (χ2n) is 4.72. The standard InChI is InChI=1S/C16H18FNO/c1-11(13-6-5-7-14(17)10-13)18-12(2)15-8-3-4-9-16(15)19/h3-12,18-19H,1-2H3/t11-,12?/m1/s1. The molecule has 1 unspecified atom stereocenters. The lowest BCUT2D eigenvalue weighted by Gasteiger charge is -2.21. The molecule has 2 nitrogen and oxygen atoms in total. The molecule has 0 aliphatic carbocycles. The first-order valence-corrected chi connectivity index (χ1v) is 6.37. The zero-order valence-corrected chi connectivity index (χ0v) is 11.1. The van der Waals surface area contributed by atoms with E-state index in [-0.39, 0.29) is 23.7 Å². The summed E-state index contributed by atoms with van der Waals surface area (Å²) in [4.78, 5) is 0. The van der Waals surface area contributed by atoms with Crippen LogP contribution in [-0.4, -0.2) is 5.11 Å². The molecule has 0 fully saturated rings. The molecule has 0 amide bonds. The fraction of sp³-hybridized carbons (Fsp3) is 0.250. The van der Waals surface area contributed by atoms with E-state index in [1.54, 1.807) is 18.2 Å². The summed E-state index contributed by atoms with van der Waals surface area (Å²) in [5, 5.41) is 13.2. The van der Waals surface area contributed by atoms with E-state index < -0.39 is 0 Å². The van der Waals surface area contributed by atoms with Gasteiger partial charge >= 0.3 is 0 Å². The van der Waals surface area contributed by atoms with Gasteiger partial charge in [-0.3, -0.25) is 0 Å². The number of halogens is 1. The monoisotopic (exact) mass is 259 g/mol. The van der Waals surface area contributed by atoms with Crippen LogP contribution in [0.5, 0.6) is 5.75 Å². The van der Waals surface area contributed by atoms with E-state index in [4.69, 9.17) is 0 Å². The molecule has 2 N–H and O–H groups in total. The summed E-state index contributed by atoms with van der Waals surface area (Å²) in [6.07, 6.45) is 0. The van der Waals surface area contributed by atoms with Crippen LogP contribution in [0.3, 0.4) is 0 Å². The second-order valence-corrected chi connectivity index (χ2v) is 4.72. The number of aromatic hydroxyl groups is 1. The molecule has 2 aromatic rings. The van der Waals surface area contributed by atoms with Gasteiger partial charge in [-0.1, -0.05) is 30.3 Å². The lowest BCUT2D eigenvalue weighted by Crippen LogP contribution is -2.22. The third kappa shape index (κ3) is 3.32. The van der Waals surface area contributed by atoms with Crippen LogP contribution in [0.25, 0.3) is 0 Å². The lowest BCUT2D eigenvalue weighted by molar-refractivity contribution is 0.438. The van der Waals surface area contributed by atoms with Crippen molar-refractivity contribution in [2.24, 2.45) is 0 Å². The largest absolute Gasteiger partial charge is 0.508 e. The number of benzene rings is 2. The fourth-order valence-corrected chi connectivity index (χ4v) is 2.19. The molecule has 19 heavy (non-hydrogen) atoms. The van der Waals surface area contributed by atoms with E-state index in [0.29, 0.717) is 0 Å². The first-order valence-electron chi connectivity index (χ1n) is 6.37. The fourth-order valence-electron chi connectivity index (χ4n) is 2.19. The zero-order valence-electron chi connectivity index (χ0n) is 11.1. The van der Waals surface area contributed by atoms with Crippen molar-refractivity contribution in [3.05, 3.63) is 65.5 Å². The quantitative estimate of drug-likeness (QED) is 0.871. The van der Waals surface area contributed by atoms with Crippen LogP contribution in [0.15, 0.2) is 48.5 Å². The highest BCUT2D eigenvalue weighted by atomic mass is 19.1. The predicted octanol–water partition coefficient (Wildman–Crippen LogP) is 3.94. The molecule has 0 aromatic heterocycles. The van der Waals surface area contributed by atoms with Crippen molar-refractivity contribution >= 4 is 0 Å². The van der Waals surface area contributed by atoms with E-state index in [1.165, 1.54) is 12.1 Å². The maximum Gasteiger partial charge on any atom is 0.123 e. The molecule has 2 rings (SSSR count). The summed E-state index contributed by atoms with van der Waals surface area (Å²) in [5.74, 6) is 0.0373. The van der Waals surface area contributed by atoms with Gasteiger partial charge < -0.3 is 10.4 Å². The van der Waals surface area contributed by atoms with Gasteiger partial charge in [-0.2, -0.15) is 0 Å². The van der Waals surface area contributed by atoms with Gasteiger partial charge in [0.05, 0.1) is 0 Å². The lowest BCUT2D eigenvalue weighted by atomic mass is 10.0. The smallest absolute Gasteiger partial charge is 0.123 e. The Labute approximate surface area is 112 Å². The van der Waals surface area contributed by atoms with Crippen LogP contribution in [0.2, 0.25) is 0 Å². The van der Waals surface area contributed by atoms with E-state index in [1.807, 2.05) is 32.0 Å². The van der Waals surface area contributed by atoms with Crippen LogP contribution in [0.4, 0.5) is 4.39 Å². The molecule has 0 saturated heterocycles. The highest BCUT2D eigenvalue weighted by Gasteiger charge is 2.13. The summed E-state index contributed by atoms with van der Waals surface area (Å²) in [5.41, 5.74) is 1.73. The minimum absolute atomic E-state index is 0.00491. The average molecular weight is 259 g/mol. The molecule has 2 atom stereocenters. The zero-order chi connectivity index (χ0) is 13.8. The normalized spacial score (nSPS) is 14.1. The molecular formula is C16H18FNO. The number of hydrogen-bond donors (Lipinski definition) is 2. The van der Waals surface area contributed by atoms with Crippen molar-refractivity contribution in [3.63, 3.8) is 0 Å². The minimum atomic E-state index is -0.235. The van der Waals surface area contributed by atoms with Crippen molar-refractivity contribution in [3.8, 4) is 5.75 Å². The summed E-state index contributed by atoms with van der Waals surface area (Å²) >= 11 is 0. The van der Waals surface area contributed by atoms with Gasteiger partial charge in [-0.05, 0) is 37.6 Å². The molecule has 2 aromatic carbocycles. The van der Waals surface area contributed by atoms with E-state index in [0.717, 1.165) is 11.1 Å². The van der Waals surface area contributed by atoms with Gasteiger partial charge in [0.1, 0.15) is 11.6 Å². The molecular weight excluding hydrogens is 241 g/mol. The highest BCUT2D eigenvalue weighted by molar-refractivity contribution is 5.34. The van der Waals surface area contributed by atoms with Gasteiger partial charge in [0.2, 0.25) is 0 Å². The van der Waals surface area contributed by atoms with Crippen LogP contribution >= 0.6 is 0 Å². The number of para-hydroxylation sites is 1. The third-order valence-electron chi connectivity index (χ3n) is 3.25. The van der Waals surface area contributed by atoms with Gasteiger partial charge in [0, 0.05) is 17.6 Å². The van der Waals surface area contributed by atoms with E-state index >= 15 is 0 Å². The van der Waals surface area contributed by atoms with E-state index in [9.17, 15) is 9.50 Å². The molecule has 0 bridgehead atoms. The Morgan fingerprint density at radius 1 is 1.00 bits per heavy atom. The maximum atomic E-state index is 13.2. The summed E-state index contributed by atoms with van der Waals surface area (Å²) in [6, 6.07) is 13.8. The number of phenolic OH excluding ortho intramolecular Hbond substituents is 1. The van der Waals surface area contributed by atoms with Gasteiger partial charge in [0.15, 0.2) is 0 Å². The Kier molecular flexibility index (Phi) is 4.17. The SMILES string of the molecule is CC(N[C@H](C)c1cccc(F)c1)c1ccccc1O. The van der Waals surface area contributed by atoms with Crippen LogP contribution in [0.1, 0.15) is 37.1 Å². The van der Waals surface area contributed by atoms with Gasteiger partial charge in [0.25, 0.3) is 0 Å². The van der Waals surface area contributed by atoms with Crippen molar-refractivity contribution in [1.29, 1.82) is 0 Å². The Bertz CT molecular complexity index is 556. The Balaban J connectivity index is 2.11. The van der Waals surface area contributed by atoms with Gasteiger partial charge in [-0.15, -0.1) is 0 Å². The predicted molar refractivity (Wildman–Crippen MR) is 74.5 cm³/mol. The summed E-state index contributed by atoms with van der Waals surface area (Å²) < 4.78 is 13.2. The number of rotatable bonds is 4. The van der Waals surface area contributed by atoms with Crippen molar-refractivity contribution < 1.29 is 9.50 Å². The molecule has 0 aliphatic heterocycles. The topological polar surface area (TPSA) is 32.3 Å². The van der Waals surface area contributed by atoms with Crippen molar-refractivity contribution in [1.82, 2.24) is 5.32 Å². The number of phenols is 1. The molecule has 0 heterocycles. The molecule has 100 valence electrons. The summed E-state index contributed by atoms with van der Waals surface area (Å²) in [6.45, 7) is 3.95. The van der Waals surface area contributed by atoms with Crippen LogP contribution in [0, 0.1) is 5.82 Å². The Hall–Kier alpha value is -1.87. The van der Waals surface area contributed by atoms with Crippen LogP contribution < -0.4 is 5.32 Å². The molecule has 0 saturated carbocycles. The maximum absolute atomic E-state index is 13.2. The Morgan fingerprint density at radius 2 is 1.74 bits per heavy atom.